The van der Waals surface area contributed by atoms with Gasteiger partial charge in [-0.2, -0.15) is 11.8 Å². The Bertz CT molecular complexity index is 444. The van der Waals surface area contributed by atoms with Gasteiger partial charge in [-0.15, -0.1) is 0 Å². The van der Waals surface area contributed by atoms with Crippen molar-refractivity contribution in [2.45, 2.75) is 25.0 Å². The van der Waals surface area contributed by atoms with E-state index in [1.807, 2.05) is 6.08 Å². The maximum atomic E-state index is 12.3. The Morgan fingerprint density at radius 2 is 2.00 bits per heavy atom. The number of hydrogen-bond acceptors (Lipinski definition) is 4. The van der Waals surface area contributed by atoms with Crippen LogP contribution in [0.3, 0.4) is 0 Å². The lowest BCUT2D eigenvalue weighted by atomic mass is 9.64. The highest BCUT2D eigenvalue weighted by molar-refractivity contribution is 7.99. The molecule has 3 aliphatic heterocycles. The predicted octanol–water partition coefficient (Wildman–Crippen LogP) is 0.975. The second-order valence-electron chi connectivity index (χ2n) is 5.17. The van der Waals surface area contributed by atoms with Crippen LogP contribution in [-0.4, -0.2) is 35.3 Å². The van der Waals surface area contributed by atoms with Crippen LogP contribution >= 0.6 is 11.8 Å². The number of ketones is 2. The number of carbonyl (C=O) groups excluding carboxylic acids is 2. The molecule has 4 rings (SSSR count). The average molecular weight is 236 g/mol. The molecule has 4 unspecified atom stereocenters. The molecule has 3 fully saturated rings. The summed E-state index contributed by atoms with van der Waals surface area (Å²) in [5, 5.41) is 0. The summed E-state index contributed by atoms with van der Waals surface area (Å²) in [6.45, 7) is 0. The van der Waals surface area contributed by atoms with Gasteiger partial charge in [0, 0.05) is 11.5 Å². The first-order valence-electron chi connectivity index (χ1n) is 5.68. The van der Waals surface area contributed by atoms with Crippen LogP contribution in [0.4, 0.5) is 0 Å². The van der Waals surface area contributed by atoms with E-state index >= 15 is 0 Å². The monoisotopic (exact) mass is 236 g/mol. The van der Waals surface area contributed by atoms with Gasteiger partial charge in [0.2, 0.25) is 0 Å². The van der Waals surface area contributed by atoms with Crippen LogP contribution in [0.15, 0.2) is 12.2 Å². The third kappa shape index (κ3) is 0.695. The molecule has 1 saturated carbocycles. The lowest BCUT2D eigenvalue weighted by Gasteiger charge is -2.31. The highest BCUT2D eigenvalue weighted by Gasteiger charge is 2.78. The molecule has 0 N–H and O–H groups in total. The van der Waals surface area contributed by atoms with Gasteiger partial charge in [0.1, 0.15) is 0 Å². The lowest BCUT2D eigenvalue weighted by molar-refractivity contribution is -0.129. The van der Waals surface area contributed by atoms with Crippen molar-refractivity contribution in [3.8, 4) is 0 Å². The second kappa shape index (κ2) is 2.62. The summed E-state index contributed by atoms with van der Waals surface area (Å²) >= 11 is 1.75. The van der Waals surface area contributed by atoms with Crippen LogP contribution in [0.5, 0.6) is 0 Å². The summed E-state index contributed by atoms with van der Waals surface area (Å²) < 4.78 is 5.91. The summed E-state index contributed by atoms with van der Waals surface area (Å²) in [7, 11) is 0. The zero-order valence-corrected chi connectivity index (χ0v) is 9.59. The van der Waals surface area contributed by atoms with E-state index in [2.05, 4.69) is 6.08 Å². The smallest absolute Gasteiger partial charge is 0.151 e. The molecule has 0 amide bonds. The van der Waals surface area contributed by atoms with Crippen LogP contribution in [0.25, 0.3) is 0 Å². The number of rotatable bonds is 0. The standard InChI is InChI=1S/C12H12O3S/c13-7-4-8(14)12-6-16-5-11(7,12)9-2-1-3-10(12)15-9/h1-2,9-10H,3-6H2. The predicted molar refractivity (Wildman–Crippen MR) is 59.2 cm³/mol. The van der Waals surface area contributed by atoms with Gasteiger partial charge in [-0.3, -0.25) is 9.59 Å². The molecule has 16 heavy (non-hydrogen) atoms. The van der Waals surface area contributed by atoms with E-state index in [9.17, 15) is 9.59 Å². The quantitative estimate of drug-likeness (QED) is 0.464. The van der Waals surface area contributed by atoms with Crippen LogP contribution in [-0.2, 0) is 14.3 Å². The molecule has 4 aliphatic rings. The van der Waals surface area contributed by atoms with Gasteiger partial charge in [0.25, 0.3) is 0 Å². The number of ether oxygens (including phenoxy) is 1. The molecule has 0 spiro atoms. The fourth-order valence-corrected chi connectivity index (χ4v) is 5.94. The van der Waals surface area contributed by atoms with Crippen LogP contribution < -0.4 is 0 Å². The molecule has 1 aliphatic carbocycles. The van der Waals surface area contributed by atoms with Crippen molar-refractivity contribution in [3.63, 3.8) is 0 Å². The first-order valence-corrected chi connectivity index (χ1v) is 6.84. The molecule has 0 aromatic carbocycles. The Hall–Kier alpha value is -0.610. The molecule has 2 bridgehead atoms. The second-order valence-corrected chi connectivity index (χ2v) is 6.15. The van der Waals surface area contributed by atoms with Gasteiger partial charge in [-0.05, 0) is 6.42 Å². The number of hydrogen-bond donors (Lipinski definition) is 0. The minimum atomic E-state index is -0.508. The highest BCUT2D eigenvalue weighted by Crippen LogP contribution is 2.67. The zero-order chi connectivity index (χ0) is 11.0. The fraction of sp³-hybridized carbons (Fsp3) is 0.667. The van der Waals surface area contributed by atoms with Crippen molar-refractivity contribution in [1.82, 2.24) is 0 Å². The molecular weight excluding hydrogens is 224 g/mol. The first-order chi connectivity index (χ1) is 7.72. The van der Waals surface area contributed by atoms with E-state index in [4.69, 9.17) is 4.74 Å². The summed E-state index contributed by atoms with van der Waals surface area (Å²) in [5.74, 6) is 1.81. The fourth-order valence-electron chi connectivity index (χ4n) is 4.01. The van der Waals surface area contributed by atoms with Crippen molar-refractivity contribution in [2.24, 2.45) is 10.8 Å². The molecule has 0 aromatic rings. The zero-order valence-electron chi connectivity index (χ0n) is 8.77. The Morgan fingerprint density at radius 3 is 2.88 bits per heavy atom. The summed E-state index contributed by atoms with van der Waals surface area (Å²) in [4.78, 5) is 24.5. The lowest BCUT2D eigenvalue weighted by Crippen LogP contribution is -2.47. The van der Waals surface area contributed by atoms with E-state index in [1.165, 1.54) is 0 Å². The minimum absolute atomic E-state index is 0.0450. The van der Waals surface area contributed by atoms with E-state index in [0.717, 1.165) is 17.9 Å². The largest absolute Gasteiger partial charge is 0.368 e. The van der Waals surface area contributed by atoms with Gasteiger partial charge >= 0.3 is 0 Å². The SMILES string of the molecule is O=C1CC(=O)C23CSCC12C1C=CCC3O1. The Morgan fingerprint density at radius 1 is 1.25 bits per heavy atom. The van der Waals surface area contributed by atoms with Crippen molar-refractivity contribution in [2.75, 3.05) is 11.5 Å². The van der Waals surface area contributed by atoms with Crippen molar-refractivity contribution in [1.29, 1.82) is 0 Å². The number of Topliss-reactive ketones (excluding diaryl/α,β-unsaturated/α-hetero) is 2. The molecule has 3 nitrogen and oxygen atoms in total. The van der Waals surface area contributed by atoms with Crippen molar-refractivity contribution < 1.29 is 14.3 Å². The highest BCUT2D eigenvalue weighted by atomic mass is 32.2. The van der Waals surface area contributed by atoms with E-state index in [-0.39, 0.29) is 30.2 Å². The van der Waals surface area contributed by atoms with Crippen LogP contribution in [0, 0.1) is 10.8 Å². The first kappa shape index (κ1) is 9.42. The summed E-state index contributed by atoms with van der Waals surface area (Å²) in [6, 6.07) is 0. The number of fused-ring (bicyclic) bond motifs is 2. The van der Waals surface area contributed by atoms with Crippen molar-refractivity contribution >= 4 is 23.3 Å². The minimum Gasteiger partial charge on any atom is -0.368 e. The topological polar surface area (TPSA) is 43.4 Å². The van der Waals surface area contributed by atoms with Gasteiger partial charge < -0.3 is 4.74 Å². The van der Waals surface area contributed by atoms with Crippen LogP contribution in [0.2, 0.25) is 0 Å². The summed E-state index contributed by atoms with van der Waals surface area (Å²) in [5.41, 5.74) is -0.991. The van der Waals surface area contributed by atoms with E-state index < -0.39 is 10.8 Å². The molecule has 4 heteroatoms. The maximum absolute atomic E-state index is 12.3. The number of thioether (sulfide) groups is 1. The third-order valence-electron chi connectivity index (χ3n) is 4.78. The molecule has 3 heterocycles. The normalized spacial score (nSPS) is 53.2. The molecule has 0 aromatic heterocycles. The molecule has 0 radical (unpaired) electrons. The van der Waals surface area contributed by atoms with E-state index in [1.54, 1.807) is 11.8 Å². The van der Waals surface area contributed by atoms with Gasteiger partial charge in [-0.25, -0.2) is 0 Å². The average Bonchev–Trinajstić information content (AvgIpc) is 2.83. The summed E-state index contributed by atoms with van der Waals surface area (Å²) in [6.07, 6.45) is 4.83. The maximum Gasteiger partial charge on any atom is 0.151 e. The molecule has 84 valence electrons. The Kier molecular flexibility index (Phi) is 1.54. The van der Waals surface area contributed by atoms with Crippen LogP contribution in [0.1, 0.15) is 12.8 Å². The van der Waals surface area contributed by atoms with E-state index in [0.29, 0.717) is 0 Å². The Balaban J connectivity index is 2.02. The Labute approximate surface area is 97.6 Å². The molecule has 4 atom stereocenters. The molecular formula is C12H12O3S. The van der Waals surface area contributed by atoms with Gasteiger partial charge in [0.15, 0.2) is 11.6 Å². The number of carbonyl (C=O) groups is 2. The molecule has 2 saturated heterocycles. The van der Waals surface area contributed by atoms with Gasteiger partial charge in [-0.1, -0.05) is 12.2 Å². The van der Waals surface area contributed by atoms with Crippen molar-refractivity contribution in [3.05, 3.63) is 12.2 Å². The third-order valence-corrected chi connectivity index (χ3v) is 6.10. The van der Waals surface area contributed by atoms with Gasteiger partial charge in [0.05, 0.1) is 29.5 Å².